The maximum Gasteiger partial charge on any atom is 0.371 e. The minimum Gasteiger partial charge on any atom is -0.475 e. The molecule has 4 unspecified atom stereocenters. The molecule has 0 aromatic heterocycles. The predicted octanol–water partition coefficient (Wildman–Crippen LogP) is -4.32. The van der Waals surface area contributed by atoms with Crippen LogP contribution in [0.15, 0.2) is 11.8 Å². The van der Waals surface area contributed by atoms with Crippen LogP contribution in [0, 0.1) is 0 Å². The van der Waals surface area contributed by atoms with Gasteiger partial charge in [-0.1, -0.05) is 5.04 Å². The summed E-state index contributed by atoms with van der Waals surface area (Å²) in [5.74, 6) is -2.41. The maximum absolute atomic E-state index is 11.1. The highest BCUT2D eigenvalue weighted by Crippen LogP contribution is 2.29. The first-order chi connectivity index (χ1) is 13.5. The second kappa shape index (κ2) is 9.55. The molecule has 0 aliphatic carbocycles. The molecule has 8 atom stereocenters. The van der Waals surface area contributed by atoms with E-state index in [2.05, 4.69) is 9.93 Å². The third-order valence-electron chi connectivity index (χ3n) is 3.98. The fourth-order valence-corrected chi connectivity index (χ4v) is 3.32. The fourth-order valence-electron chi connectivity index (χ4n) is 2.73. The second-order valence-corrected chi connectivity index (χ2v) is 7.09. The number of rotatable bonds is 8. The molecule has 8 N–H and O–H groups in total. The molecule has 0 bridgehead atoms. The van der Waals surface area contributed by atoms with E-state index < -0.39 is 77.8 Å². The van der Waals surface area contributed by atoms with E-state index >= 15 is 0 Å². The first kappa shape index (κ1) is 23.8. The predicted molar refractivity (Wildman–Crippen MR) is 82.5 cm³/mol. The van der Waals surface area contributed by atoms with Gasteiger partial charge in [-0.05, 0) is 6.08 Å². The van der Waals surface area contributed by atoms with E-state index in [4.69, 9.17) is 29.1 Å². The zero-order valence-electron chi connectivity index (χ0n) is 14.2. The summed E-state index contributed by atoms with van der Waals surface area (Å²) in [7, 11) is -4.96. The van der Waals surface area contributed by atoms with Crippen molar-refractivity contribution in [3.05, 3.63) is 11.8 Å². The quantitative estimate of drug-likeness (QED) is 0.0990. The van der Waals surface area contributed by atoms with Gasteiger partial charge in [0, 0.05) is 0 Å². The molecule has 0 spiro atoms. The highest BCUT2D eigenvalue weighted by atomic mass is 32.2. The number of hydrogen-bond donors (Lipinski definition) is 8. The lowest BCUT2D eigenvalue weighted by molar-refractivity contribution is -0.523. The van der Waals surface area contributed by atoms with E-state index in [1.54, 1.807) is 0 Å². The van der Waals surface area contributed by atoms with Crippen molar-refractivity contribution in [2.45, 2.75) is 49.1 Å². The highest BCUT2D eigenvalue weighted by molar-refractivity contribution is 7.83. The minimum atomic E-state index is -4.96. The molecule has 0 aromatic rings. The normalized spacial score (nSPS) is 38.2. The van der Waals surface area contributed by atoms with Gasteiger partial charge in [0.05, 0.1) is 6.61 Å². The van der Waals surface area contributed by atoms with Crippen LogP contribution in [0.4, 0.5) is 0 Å². The van der Waals surface area contributed by atoms with Crippen LogP contribution in [0.5, 0.6) is 0 Å². The summed E-state index contributed by atoms with van der Waals surface area (Å²) in [6.45, 7) is -0.890. The van der Waals surface area contributed by atoms with Gasteiger partial charge in [0.25, 0.3) is 0 Å². The maximum atomic E-state index is 11.1. The van der Waals surface area contributed by atoms with Crippen LogP contribution in [0.3, 0.4) is 0 Å². The van der Waals surface area contributed by atoms with E-state index in [0.717, 1.165) is 0 Å². The SMILES string of the molecule is O=C(O)C1=C[C@H](O)C(O)[C@H](O[C@@H]2C(CO)OC(O)C(NS(=O)(=O)O)[C@H]2OOO)O1. The summed E-state index contributed by atoms with van der Waals surface area (Å²) in [5.41, 5.74) is 0. The van der Waals surface area contributed by atoms with Crippen LogP contribution in [0.2, 0.25) is 0 Å². The van der Waals surface area contributed by atoms with Gasteiger partial charge in [-0.25, -0.2) is 10.1 Å². The Morgan fingerprint density at radius 2 is 1.90 bits per heavy atom. The van der Waals surface area contributed by atoms with Crippen molar-refractivity contribution < 1.29 is 72.7 Å². The van der Waals surface area contributed by atoms with Gasteiger partial charge in [0.2, 0.25) is 12.0 Å². The Labute approximate surface area is 162 Å². The summed E-state index contributed by atoms with van der Waals surface area (Å²) in [6, 6.07) is -1.88. The number of carbonyl (C=O) groups is 1. The van der Waals surface area contributed by atoms with E-state index in [9.17, 15) is 33.6 Å². The van der Waals surface area contributed by atoms with Gasteiger partial charge >= 0.3 is 16.3 Å². The molecule has 2 aliphatic heterocycles. The van der Waals surface area contributed by atoms with Crippen LogP contribution >= 0.6 is 0 Å². The molecule has 2 aliphatic rings. The Morgan fingerprint density at radius 1 is 1.24 bits per heavy atom. The van der Waals surface area contributed by atoms with Gasteiger partial charge in [0.15, 0.2) is 6.29 Å². The van der Waals surface area contributed by atoms with Crippen LogP contribution in [0.1, 0.15) is 0 Å². The molecule has 168 valence electrons. The van der Waals surface area contributed by atoms with E-state index in [-0.39, 0.29) is 0 Å². The number of carboxylic acid groups (broad SMARTS) is 1. The summed E-state index contributed by atoms with van der Waals surface area (Å²) in [4.78, 5) is 15.5. The summed E-state index contributed by atoms with van der Waals surface area (Å²) in [5, 5.41) is 60.2. The van der Waals surface area contributed by atoms with Gasteiger partial charge in [-0.3, -0.25) is 4.55 Å². The molecule has 1 saturated heterocycles. The molecular formula is C12H19NO15S. The van der Waals surface area contributed by atoms with Gasteiger partial charge in [0.1, 0.15) is 36.6 Å². The average Bonchev–Trinajstić information content (AvgIpc) is 2.62. The molecular weight excluding hydrogens is 430 g/mol. The Kier molecular flexibility index (Phi) is 7.84. The van der Waals surface area contributed by atoms with Crippen molar-refractivity contribution in [1.29, 1.82) is 0 Å². The lowest BCUT2D eigenvalue weighted by Gasteiger charge is -2.44. The number of nitrogens with one attached hydrogen (secondary N) is 1. The van der Waals surface area contributed by atoms with Gasteiger partial charge in [-0.15, -0.1) is 0 Å². The first-order valence-corrected chi connectivity index (χ1v) is 9.22. The number of aliphatic hydroxyl groups is 4. The number of aliphatic hydroxyl groups excluding tert-OH is 4. The molecule has 0 saturated carbocycles. The van der Waals surface area contributed by atoms with Crippen LogP contribution < -0.4 is 4.72 Å². The molecule has 0 radical (unpaired) electrons. The lowest BCUT2D eigenvalue weighted by Crippen LogP contribution is -2.66. The topological polar surface area (TPSA) is 251 Å². The Hall–Kier alpha value is -1.48. The molecule has 17 heteroatoms. The van der Waals surface area contributed by atoms with E-state index in [1.165, 1.54) is 4.72 Å². The van der Waals surface area contributed by atoms with E-state index in [1.807, 2.05) is 0 Å². The summed E-state index contributed by atoms with van der Waals surface area (Å²) >= 11 is 0. The number of ether oxygens (including phenoxy) is 3. The number of aliphatic carboxylic acids is 1. The molecule has 29 heavy (non-hydrogen) atoms. The van der Waals surface area contributed by atoms with Gasteiger partial charge < -0.3 is 39.7 Å². The van der Waals surface area contributed by atoms with Crippen LogP contribution in [0.25, 0.3) is 0 Å². The van der Waals surface area contributed by atoms with Crippen molar-refractivity contribution in [2.24, 2.45) is 0 Å². The van der Waals surface area contributed by atoms with Crippen molar-refractivity contribution in [3.63, 3.8) is 0 Å². The van der Waals surface area contributed by atoms with E-state index in [0.29, 0.717) is 6.08 Å². The third-order valence-corrected chi connectivity index (χ3v) is 4.55. The molecule has 0 aromatic carbocycles. The van der Waals surface area contributed by atoms with Crippen molar-refractivity contribution in [2.75, 3.05) is 6.61 Å². The summed E-state index contributed by atoms with van der Waals surface area (Å²) < 4.78 is 47.8. The zero-order chi connectivity index (χ0) is 21.9. The number of carboxylic acids is 1. The lowest BCUT2D eigenvalue weighted by atomic mass is 9.97. The Morgan fingerprint density at radius 3 is 2.41 bits per heavy atom. The monoisotopic (exact) mass is 449 g/mol. The molecule has 2 rings (SSSR count). The van der Waals surface area contributed by atoms with Crippen molar-refractivity contribution >= 4 is 16.3 Å². The second-order valence-electron chi connectivity index (χ2n) is 5.91. The Bertz CT molecular complexity index is 712. The molecule has 16 nitrogen and oxygen atoms in total. The van der Waals surface area contributed by atoms with Crippen molar-refractivity contribution in [1.82, 2.24) is 4.72 Å². The minimum absolute atomic E-state index is 0.686. The largest absolute Gasteiger partial charge is 0.475 e. The molecule has 2 heterocycles. The van der Waals surface area contributed by atoms with Crippen LogP contribution in [-0.2, 0) is 39.2 Å². The smallest absolute Gasteiger partial charge is 0.371 e. The fraction of sp³-hybridized carbons (Fsp3) is 0.750. The zero-order valence-corrected chi connectivity index (χ0v) is 15.0. The van der Waals surface area contributed by atoms with Crippen molar-refractivity contribution in [3.8, 4) is 0 Å². The third kappa shape index (κ3) is 5.78. The van der Waals surface area contributed by atoms with Gasteiger partial charge in [-0.2, -0.15) is 18.0 Å². The first-order valence-electron chi connectivity index (χ1n) is 7.78. The standard InChI is InChI=1S/C12H19NO15S/c14-2-5-8(26-12-7(16)3(15)1-4(25-12)10(17)18)9(27-28-20)6(11(19)24-5)13-29(21,22)23/h1,3,5-9,11-16,19-20H,2H2,(H,17,18)(H,21,22,23)/t3-,5?,6?,7?,8+,9+,11?,12-/m0/s1. The average molecular weight is 449 g/mol. The highest BCUT2D eigenvalue weighted by Gasteiger charge is 2.51. The summed E-state index contributed by atoms with van der Waals surface area (Å²) in [6.07, 6.45) is -12.0. The molecule has 1 fully saturated rings. The Balaban J connectivity index is 2.32. The number of hydrogen-bond acceptors (Lipinski definition) is 13. The molecule has 0 amide bonds. The van der Waals surface area contributed by atoms with Crippen LogP contribution in [-0.4, -0.2) is 105 Å².